The number of hydrogen-bond donors (Lipinski definition) is 0. The van der Waals surface area contributed by atoms with Crippen LogP contribution in [0, 0.1) is 0 Å². The number of halogens is 3. The lowest BCUT2D eigenvalue weighted by Gasteiger charge is -2.29. The van der Waals surface area contributed by atoms with Crippen LogP contribution in [0.1, 0.15) is 43.7 Å². The number of aromatic nitrogens is 2. The monoisotopic (exact) mass is 340 g/mol. The van der Waals surface area contributed by atoms with Crippen LogP contribution in [-0.2, 0) is 4.79 Å². The number of ketones is 1. The summed E-state index contributed by atoms with van der Waals surface area (Å²) in [4.78, 5) is 15.2. The smallest absolute Gasteiger partial charge is 0.339 e. The van der Waals surface area contributed by atoms with Crippen molar-refractivity contribution in [3.8, 4) is 0 Å². The Bertz CT molecular complexity index is 521. The zero-order chi connectivity index (χ0) is 15.8. The molecule has 1 saturated heterocycles. The first-order chi connectivity index (χ1) is 9.70. The first-order valence-corrected chi connectivity index (χ1v) is 8.41. The quantitative estimate of drug-likeness (QED) is 0.838. The van der Waals surface area contributed by atoms with Gasteiger partial charge in [-0.15, -0.1) is 11.8 Å². The Morgan fingerprint density at radius 3 is 2.62 bits per heavy atom. The van der Waals surface area contributed by atoms with Crippen molar-refractivity contribution < 1.29 is 22.5 Å². The summed E-state index contributed by atoms with van der Waals surface area (Å²) in [5.41, 5.74) is 0. The van der Waals surface area contributed by atoms with Gasteiger partial charge in [0.25, 0.3) is 0 Å². The Morgan fingerprint density at radius 1 is 1.38 bits per heavy atom. The molecule has 118 valence electrons. The maximum atomic E-state index is 12.4. The van der Waals surface area contributed by atoms with Crippen molar-refractivity contribution in [2.45, 2.75) is 48.6 Å². The number of rotatable bonds is 3. The van der Waals surface area contributed by atoms with E-state index in [0.717, 1.165) is 12.7 Å². The van der Waals surface area contributed by atoms with Gasteiger partial charge < -0.3 is 4.52 Å². The maximum absolute atomic E-state index is 12.4. The highest BCUT2D eigenvalue weighted by molar-refractivity contribution is 8.07. The van der Waals surface area contributed by atoms with Crippen molar-refractivity contribution in [3.05, 3.63) is 11.7 Å². The molecule has 0 aliphatic carbocycles. The summed E-state index contributed by atoms with van der Waals surface area (Å²) in [6, 6.07) is 0. The van der Waals surface area contributed by atoms with Crippen LogP contribution in [0.15, 0.2) is 4.52 Å². The third-order valence-electron chi connectivity index (χ3n) is 3.34. The normalized spacial score (nSPS) is 28.4. The number of carbonyl (C=O) groups excluding carboxylic acids is 1. The Kier molecular flexibility index (Phi) is 4.92. The minimum absolute atomic E-state index is 0.0214. The van der Waals surface area contributed by atoms with Crippen LogP contribution in [0.2, 0.25) is 0 Å². The Morgan fingerprint density at radius 2 is 2.05 bits per heavy atom. The van der Waals surface area contributed by atoms with Gasteiger partial charge in [-0.05, 0) is 6.92 Å². The third-order valence-corrected chi connectivity index (χ3v) is 6.73. The van der Waals surface area contributed by atoms with Crippen LogP contribution >= 0.6 is 23.5 Å². The van der Waals surface area contributed by atoms with Gasteiger partial charge in [0.15, 0.2) is 5.82 Å². The molecule has 0 amide bonds. The van der Waals surface area contributed by atoms with Gasteiger partial charge in [-0.25, -0.2) is 0 Å². The molecule has 1 aliphatic rings. The van der Waals surface area contributed by atoms with E-state index in [9.17, 15) is 18.0 Å². The van der Waals surface area contributed by atoms with E-state index in [-0.39, 0.29) is 11.1 Å². The molecule has 0 N–H and O–H groups in total. The Hall–Kier alpha value is -0.700. The molecule has 4 atom stereocenters. The number of alkyl halides is 3. The Labute approximate surface area is 128 Å². The molecular formula is C12H15F3N2O2S2. The SMILES string of the molecule is CC(C(=O)C(F)(F)F)c1nc(C2CSC(C)C(C)S2)no1. The van der Waals surface area contributed by atoms with Crippen molar-refractivity contribution in [3.63, 3.8) is 0 Å². The second-order valence-electron chi connectivity index (χ2n) is 4.94. The largest absolute Gasteiger partial charge is 0.450 e. The average Bonchev–Trinajstić information content (AvgIpc) is 2.88. The fourth-order valence-electron chi connectivity index (χ4n) is 1.83. The zero-order valence-electron chi connectivity index (χ0n) is 11.7. The highest BCUT2D eigenvalue weighted by Gasteiger charge is 2.44. The van der Waals surface area contributed by atoms with Gasteiger partial charge >= 0.3 is 6.18 Å². The molecule has 2 heterocycles. The molecule has 0 saturated carbocycles. The molecule has 1 aromatic rings. The molecular weight excluding hydrogens is 325 g/mol. The van der Waals surface area contributed by atoms with Crippen LogP contribution in [-0.4, -0.2) is 38.4 Å². The van der Waals surface area contributed by atoms with Crippen molar-refractivity contribution >= 4 is 29.3 Å². The van der Waals surface area contributed by atoms with Crippen molar-refractivity contribution in [2.24, 2.45) is 0 Å². The van der Waals surface area contributed by atoms with Crippen molar-refractivity contribution in [1.82, 2.24) is 10.1 Å². The molecule has 4 nitrogen and oxygen atoms in total. The summed E-state index contributed by atoms with van der Waals surface area (Å²) in [5, 5.41) is 4.62. The van der Waals surface area contributed by atoms with Gasteiger partial charge in [0.2, 0.25) is 11.7 Å². The summed E-state index contributed by atoms with van der Waals surface area (Å²) in [5.74, 6) is -2.47. The van der Waals surface area contributed by atoms with E-state index in [2.05, 4.69) is 24.0 Å². The molecule has 1 aromatic heterocycles. The van der Waals surface area contributed by atoms with Gasteiger partial charge in [0, 0.05) is 16.3 Å². The summed E-state index contributed by atoms with van der Waals surface area (Å²) >= 11 is 3.44. The van der Waals surface area contributed by atoms with Gasteiger partial charge in [-0.1, -0.05) is 19.0 Å². The minimum Gasteiger partial charge on any atom is -0.339 e. The number of nitrogens with zero attached hydrogens (tertiary/aromatic N) is 2. The maximum Gasteiger partial charge on any atom is 0.450 e. The molecule has 0 bridgehead atoms. The molecule has 2 rings (SSSR count). The van der Waals surface area contributed by atoms with Gasteiger partial charge in [-0.3, -0.25) is 4.79 Å². The van der Waals surface area contributed by atoms with Crippen LogP contribution in [0.25, 0.3) is 0 Å². The van der Waals surface area contributed by atoms with Crippen LogP contribution < -0.4 is 0 Å². The van der Waals surface area contributed by atoms with E-state index >= 15 is 0 Å². The van der Waals surface area contributed by atoms with E-state index in [1.807, 2.05) is 0 Å². The molecule has 9 heteroatoms. The number of Topliss-reactive ketones (excluding diaryl/α,β-unsaturated/α-hetero) is 1. The lowest BCUT2D eigenvalue weighted by molar-refractivity contribution is -0.172. The topological polar surface area (TPSA) is 56.0 Å². The van der Waals surface area contributed by atoms with Crippen LogP contribution in [0.3, 0.4) is 0 Å². The van der Waals surface area contributed by atoms with Crippen LogP contribution in [0.5, 0.6) is 0 Å². The standard InChI is InChI=1S/C12H15F3N2O2S2/c1-5(9(18)12(13,14)15)11-16-10(17-19-11)8-4-20-6(2)7(3)21-8/h5-8H,4H2,1-3H3. The predicted octanol–water partition coefficient (Wildman–Crippen LogP) is 3.60. The van der Waals surface area contributed by atoms with Gasteiger partial charge in [0.1, 0.15) is 5.92 Å². The molecule has 0 aromatic carbocycles. The lowest BCUT2D eigenvalue weighted by atomic mass is 10.1. The summed E-state index contributed by atoms with van der Waals surface area (Å²) in [7, 11) is 0. The number of thioether (sulfide) groups is 2. The summed E-state index contributed by atoms with van der Waals surface area (Å²) < 4.78 is 42.0. The zero-order valence-corrected chi connectivity index (χ0v) is 13.3. The second-order valence-corrected chi connectivity index (χ2v) is 7.94. The Balaban J connectivity index is 2.10. The second kappa shape index (κ2) is 6.20. The predicted molar refractivity (Wildman–Crippen MR) is 75.5 cm³/mol. The van der Waals surface area contributed by atoms with E-state index in [1.165, 1.54) is 0 Å². The minimum atomic E-state index is -4.90. The van der Waals surface area contributed by atoms with E-state index in [4.69, 9.17) is 4.52 Å². The molecule has 1 fully saturated rings. The van der Waals surface area contributed by atoms with E-state index < -0.39 is 17.9 Å². The molecule has 1 aliphatic heterocycles. The van der Waals surface area contributed by atoms with Crippen molar-refractivity contribution in [1.29, 1.82) is 0 Å². The highest BCUT2D eigenvalue weighted by atomic mass is 32.2. The van der Waals surface area contributed by atoms with Gasteiger partial charge in [-0.2, -0.15) is 29.9 Å². The number of carbonyl (C=O) groups is 1. The molecule has 21 heavy (non-hydrogen) atoms. The average molecular weight is 340 g/mol. The van der Waals surface area contributed by atoms with Gasteiger partial charge in [0.05, 0.1) is 5.25 Å². The fraction of sp³-hybridized carbons (Fsp3) is 0.750. The van der Waals surface area contributed by atoms with E-state index in [0.29, 0.717) is 16.3 Å². The lowest BCUT2D eigenvalue weighted by Crippen LogP contribution is -2.28. The third kappa shape index (κ3) is 3.74. The molecule has 0 spiro atoms. The van der Waals surface area contributed by atoms with Crippen LogP contribution in [0.4, 0.5) is 13.2 Å². The summed E-state index contributed by atoms with van der Waals surface area (Å²) in [6.07, 6.45) is -4.90. The molecule has 4 unspecified atom stereocenters. The first-order valence-electron chi connectivity index (χ1n) is 6.41. The molecule has 0 radical (unpaired) electrons. The number of hydrogen-bond acceptors (Lipinski definition) is 6. The first kappa shape index (κ1) is 16.7. The summed E-state index contributed by atoms with van der Waals surface area (Å²) in [6.45, 7) is 5.34. The van der Waals surface area contributed by atoms with E-state index in [1.54, 1.807) is 23.5 Å². The highest BCUT2D eigenvalue weighted by Crippen LogP contribution is 2.43. The van der Waals surface area contributed by atoms with Crippen molar-refractivity contribution in [2.75, 3.05) is 5.75 Å². The fourth-order valence-corrected chi connectivity index (χ4v) is 4.66.